The van der Waals surface area contributed by atoms with E-state index in [9.17, 15) is 4.79 Å². The summed E-state index contributed by atoms with van der Waals surface area (Å²) in [7, 11) is 0. The van der Waals surface area contributed by atoms with Crippen molar-refractivity contribution in [3.05, 3.63) is 18.2 Å². The highest BCUT2D eigenvalue weighted by molar-refractivity contribution is 5.76. The van der Waals surface area contributed by atoms with Crippen LogP contribution >= 0.6 is 0 Å². The van der Waals surface area contributed by atoms with Crippen LogP contribution in [0.15, 0.2) is 12.5 Å². The topological polar surface area (TPSA) is 59.0 Å². The van der Waals surface area contributed by atoms with Crippen molar-refractivity contribution in [2.45, 2.75) is 59.0 Å². The van der Waals surface area contributed by atoms with Gasteiger partial charge in [-0.2, -0.15) is 0 Å². The van der Waals surface area contributed by atoms with E-state index in [1.807, 2.05) is 24.6 Å². The SMILES string of the molecule is CCCNCCc1cn(CC(=O)NC(C)(C)CC)cn1. The maximum Gasteiger partial charge on any atom is 0.240 e. The van der Waals surface area contributed by atoms with Crippen molar-refractivity contribution in [3.8, 4) is 0 Å². The summed E-state index contributed by atoms with van der Waals surface area (Å²) >= 11 is 0. The van der Waals surface area contributed by atoms with Gasteiger partial charge in [0.05, 0.1) is 12.0 Å². The molecule has 114 valence electrons. The van der Waals surface area contributed by atoms with Crippen LogP contribution in [0.1, 0.15) is 46.2 Å². The molecule has 1 aromatic rings. The molecule has 0 aliphatic carbocycles. The van der Waals surface area contributed by atoms with E-state index in [0.29, 0.717) is 6.54 Å². The number of aromatic nitrogens is 2. The number of hydrogen-bond donors (Lipinski definition) is 2. The summed E-state index contributed by atoms with van der Waals surface area (Å²) in [5.74, 6) is 0.0323. The Morgan fingerprint density at radius 2 is 2.10 bits per heavy atom. The monoisotopic (exact) mass is 280 g/mol. The predicted molar refractivity (Wildman–Crippen MR) is 81.6 cm³/mol. The van der Waals surface area contributed by atoms with Crippen molar-refractivity contribution in [2.75, 3.05) is 13.1 Å². The fraction of sp³-hybridized carbons (Fsp3) is 0.733. The van der Waals surface area contributed by atoms with Crippen LogP contribution in [0, 0.1) is 0 Å². The highest BCUT2D eigenvalue weighted by Crippen LogP contribution is 2.06. The first kappa shape index (κ1) is 16.7. The molecule has 0 saturated heterocycles. The number of amides is 1. The van der Waals surface area contributed by atoms with Gasteiger partial charge in [0.2, 0.25) is 5.91 Å². The first-order valence-corrected chi connectivity index (χ1v) is 7.49. The van der Waals surface area contributed by atoms with Crippen molar-refractivity contribution >= 4 is 5.91 Å². The Morgan fingerprint density at radius 1 is 1.35 bits per heavy atom. The molecule has 20 heavy (non-hydrogen) atoms. The maximum absolute atomic E-state index is 11.9. The molecule has 1 heterocycles. The van der Waals surface area contributed by atoms with Crippen LogP contribution in [0.3, 0.4) is 0 Å². The second-order valence-electron chi connectivity index (χ2n) is 5.82. The van der Waals surface area contributed by atoms with Crippen LogP contribution in [0.5, 0.6) is 0 Å². The lowest BCUT2D eigenvalue weighted by Crippen LogP contribution is -2.44. The van der Waals surface area contributed by atoms with Crippen molar-refractivity contribution in [1.29, 1.82) is 0 Å². The minimum Gasteiger partial charge on any atom is -0.350 e. The number of rotatable bonds is 9. The first-order valence-electron chi connectivity index (χ1n) is 7.49. The molecule has 0 spiro atoms. The second-order valence-corrected chi connectivity index (χ2v) is 5.82. The largest absolute Gasteiger partial charge is 0.350 e. The van der Waals surface area contributed by atoms with Gasteiger partial charge in [-0.3, -0.25) is 4.79 Å². The van der Waals surface area contributed by atoms with Crippen LogP contribution in [0.2, 0.25) is 0 Å². The zero-order valence-electron chi connectivity index (χ0n) is 13.2. The first-order chi connectivity index (χ1) is 9.46. The van der Waals surface area contributed by atoms with Gasteiger partial charge in [-0.05, 0) is 33.2 Å². The van der Waals surface area contributed by atoms with Crippen LogP contribution in [-0.2, 0) is 17.8 Å². The zero-order chi connectivity index (χ0) is 15.0. The molecule has 0 fully saturated rings. The van der Waals surface area contributed by atoms with Gasteiger partial charge < -0.3 is 15.2 Å². The average Bonchev–Trinajstić information content (AvgIpc) is 2.81. The lowest BCUT2D eigenvalue weighted by atomic mass is 10.0. The summed E-state index contributed by atoms with van der Waals surface area (Å²) in [4.78, 5) is 16.2. The summed E-state index contributed by atoms with van der Waals surface area (Å²) in [6, 6.07) is 0. The molecule has 1 aromatic heterocycles. The number of nitrogens with zero attached hydrogens (tertiary/aromatic N) is 2. The van der Waals surface area contributed by atoms with Gasteiger partial charge in [0.15, 0.2) is 0 Å². The smallest absolute Gasteiger partial charge is 0.240 e. The molecule has 1 amide bonds. The zero-order valence-corrected chi connectivity index (χ0v) is 13.2. The van der Waals surface area contributed by atoms with Crippen LogP contribution in [-0.4, -0.2) is 34.1 Å². The summed E-state index contributed by atoms with van der Waals surface area (Å²) < 4.78 is 1.84. The Bertz CT molecular complexity index is 412. The van der Waals surface area contributed by atoms with Crippen molar-refractivity contribution < 1.29 is 4.79 Å². The standard InChI is InChI=1S/C15H28N4O/c1-5-8-16-9-7-13-10-19(12-17-13)11-14(20)18-15(3,4)6-2/h10,12,16H,5-9,11H2,1-4H3,(H,18,20). The Balaban J connectivity index is 2.38. The summed E-state index contributed by atoms with van der Waals surface area (Å²) in [5, 5.41) is 6.37. The molecule has 0 unspecified atom stereocenters. The van der Waals surface area contributed by atoms with Crippen LogP contribution < -0.4 is 10.6 Å². The van der Waals surface area contributed by atoms with Crippen LogP contribution in [0.25, 0.3) is 0 Å². The van der Waals surface area contributed by atoms with Crippen molar-refractivity contribution in [3.63, 3.8) is 0 Å². The van der Waals surface area contributed by atoms with Gasteiger partial charge in [-0.25, -0.2) is 4.98 Å². The van der Waals surface area contributed by atoms with E-state index in [1.165, 1.54) is 0 Å². The number of carbonyl (C=O) groups is 1. The van der Waals surface area contributed by atoms with Gasteiger partial charge >= 0.3 is 0 Å². The van der Waals surface area contributed by atoms with E-state index in [1.54, 1.807) is 6.33 Å². The molecule has 5 heteroatoms. The Labute approximate surface area is 122 Å². The Kier molecular flexibility index (Phi) is 6.71. The van der Waals surface area contributed by atoms with Crippen molar-refractivity contribution in [1.82, 2.24) is 20.2 Å². The molecule has 0 aliphatic rings. The van der Waals surface area contributed by atoms with E-state index in [0.717, 1.165) is 38.0 Å². The second kappa shape index (κ2) is 8.04. The Hall–Kier alpha value is -1.36. The third kappa shape index (κ3) is 6.19. The van der Waals surface area contributed by atoms with Gasteiger partial charge in [-0.1, -0.05) is 13.8 Å². The summed E-state index contributed by atoms with van der Waals surface area (Å²) in [6.45, 7) is 10.6. The summed E-state index contributed by atoms with van der Waals surface area (Å²) in [6.07, 6.45) is 6.63. The molecule has 0 bridgehead atoms. The molecule has 1 rings (SSSR count). The fourth-order valence-corrected chi connectivity index (χ4v) is 1.81. The third-order valence-corrected chi connectivity index (χ3v) is 3.36. The maximum atomic E-state index is 11.9. The fourth-order valence-electron chi connectivity index (χ4n) is 1.81. The molecular weight excluding hydrogens is 252 g/mol. The van der Waals surface area contributed by atoms with E-state index in [2.05, 4.69) is 29.5 Å². The van der Waals surface area contributed by atoms with Gasteiger partial charge in [0, 0.05) is 24.7 Å². The molecule has 0 radical (unpaired) electrons. The Morgan fingerprint density at radius 3 is 2.75 bits per heavy atom. The molecule has 0 aliphatic heterocycles. The number of carbonyl (C=O) groups excluding carboxylic acids is 1. The molecule has 2 N–H and O–H groups in total. The number of imidazole rings is 1. The lowest BCUT2D eigenvalue weighted by molar-refractivity contribution is -0.123. The van der Waals surface area contributed by atoms with Crippen molar-refractivity contribution in [2.24, 2.45) is 0 Å². The highest BCUT2D eigenvalue weighted by atomic mass is 16.2. The minimum atomic E-state index is -0.148. The molecule has 0 atom stereocenters. The van der Waals surface area contributed by atoms with Gasteiger partial charge in [-0.15, -0.1) is 0 Å². The van der Waals surface area contributed by atoms with Gasteiger partial charge in [0.25, 0.3) is 0 Å². The van der Waals surface area contributed by atoms with E-state index in [4.69, 9.17) is 0 Å². The van der Waals surface area contributed by atoms with Gasteiger partial charge in [0.1, 0.15) is 6.54 Å². The number of nitrogens with one attached hydrogen (secondary N) is 2. The number of hydrogen-bond acceptors (Lipinski definition) is 3. The third-order valence-electron chi connectivity index (χ3n) is 3.36. The molecular formula is C15H28N4O. The van der Waals surface area contributed by atoms with E-state index in [-0.39, 0.29) is 11.4 Å². The molecule has 0 saturated carbocycles. The van der Waals surface area contributed by atoms with E-state index >= 15 is 0 Å². The van der Waals surface area contributed by atoms with E-state index < -0.39 is 0 Å². The lowest BCUT2D eigenvalue weighted by Gasteiger charge is -2.24. The normalized spacial score (nSPS) is 11.6. The molecule has 5 nitrogen and oxygen atoms in total. The summed E-state index contributed by atoms with van der Waals surface area (Å²) in [5.41, 5.74) is 0.876. The average molecular weight is 280 g/mol. The molecule has 0 aromatic carbocycles. The minimum absolute atomic E-state index is 0.0323. The van der Waals surface area contributed by atoms with Crippen LogP contribution in [0.4, 0.5) is 0 Å². The predicted octanol–water partition coefficient (Wildman–Crippen LogP) is 1.73. The highest BCUT2D eigenvalue weighted by Gasteiger charge is 2.17. The quantitative estimate of drug-likeness (QED) is 0.677.